The van der Waals surface area contributed by atoms with Crippen LogP contribution < -0.4 is 15.4 Å². The predicted molar refractivity (Wildman–Crippen MR) is 82.5 cm³/mol. The van der Waals surface area contributed by atoms with Gasteiger partial charge in [0.25, 0.3) is 5.91 Å². The SMILES string of the molecule is CCCC(C)(O)CNC(C)c1ccc2c(c1)NC(=O)CO2. The first kappa shape index (κ1) is 15.8. The van der Waals surface area contributed by atoms with Crippen molar-refractivity contribution in [2.45, 2.75) is 45.3 Å². The van der Waals surface area contributed by atoms with Gasteiger partial charge in [-0.3, -0.25) is 4.79 Å². The van der Waals surface area contributed by atoms with Crippen molar-refractivity contribution in [3.8, 4) is 5.75 Å². The Morgan fingerprint density at radius 3 is 3.00 bits per heavy atom. The van der Waals surface area contributed by atoms with E-state index in [0.29, 0.717) is 18.0 Å². The van der Waals surface area contributed by atoms with Crippen molar-refractivity contribution in [3.63, 3.8) is 0 Å². The van der Waals surface area contributed by atoms with Gasteiger partial charge in [-0.15, -0.1) is 0 Å². The molecule has 0 saturated carbocycles. The molecule has 3 N–H and O–H groups in total. The van der Waals surface area contributed by atoms with Gasteiger partial charge in [0.15, 0.2) is 6.61 Å². The van der Waals surface area contributed by atoms with E-state index >= 15 is 0 Å². The van der Waals surface area contributed by atoms with E-state index in [-0.39, 0.29) is 18.6 Å². The van der Waals surface area contributed by atoms with Gasteiger partial charge >= 0.3 is 0 Å². The molecule has 1 aliphatic heterocycles. The van der Waals surface area contributed by atoms with Gasteiger partial charge < -0.3 is 20.5 Å². The second-order valence-electron chi connectivity index (χ2n) is 5.94. The highest BCUT2D eigenvalue weighted by Gasteiger charge is 2.21. The molecule has 5 heteroatoms. The number of anilines is 1. The van der Waals surface area contributed by atoms with Crippen molar-refractivity contribution < 1.29 is 14.6 Å². The first-order valence-corrected chi connectivity index (χ1v) is 7.43. The van der Waals surface area contributed by atoms with Gasteiger partial charge in [0, 0.05) is 12.6 Å². The average molecular weight is 292 g/mol. The van der Waals surface area contributed by atoms with Gasteiger partial charge in [-0.2, -0.15) is 0 Å². The Bertz CT molecular complexity index is 514. The van der Waals surface area contributed by atoms with E-state index in [1.54, 1.807) is 0 Å². The van der Waals surface area contributed by atoms with Crippen LogP contribution in [-0.2, 0) is 4.79 Å². The van der Waals surface area contributed by atoms with Crippen LogP contribution in [0.25, 0.3) is 0 Å². The lowest BCUT2D eigenvalue weighted by atomic mass is 9.99. The summed E-state index contributed by atoms with van der Waals surface area (Å²) in [6.07, 6.45) is 1.71. The number of hydrogen-bond acceptors (Lipinski definition) is 4. The van der Waals surface area contributed by atoms with Gasteiger partial charge in [-0.25, -0.2) is 0 Å². The van der Waals surface area contributed by atoms with Gasteiger partial charge in [0.2, 0.25) is 0 Å². The van der Waals surface area contributed by atoms with E-state index in [1.165, 1.54) is 0 Å². The summed E-state index contributed by atoms with van der Waals surface area (Å²) >= 11 is 0. The van der Waals surface area contributed by atoms with Crippen LogP contribution in [0.4, 0.5) is 5.69 Å². The molecule has 1 heterocycles. The third-order valence-electron chi connectivity index (χ3n) is 3.71. The Morgan fingerprint density at radius 2 is 2.29 bits per heavy atom. The largest absolute Gasteiger partial charge is 0.482 e. The molecule has 21 heavy (non-hydrogen) atoms. The first-order valence-electron chi connectivity index (χ1n) is 7.43. The lowest BCUT2D eigenvalue weighted by Crippen LogP contribution is -2.38. The third-order valence-corrected chi connectivity index (χ3v) is 3.71. The molecular formula is C16H24N2O3. The molecule has 1 aromatic carbocycles. The number of carbonyl (C=O) groups excluding carboxylic acids is 1. The molecule has 0 fully saturated rings. The number of rotatable bonds is 6. The molecule has 0 aromatic heterocycles. The number of fused-ring (bicyclic) bond motifs is 1. The van der Waals surface area contributed by atoms with Gasteiger partial charge in [-0.05, 0) is 38.0 Å². The average Bonchev–Trinajstić information content (AvgIpc) is 2.44. The van der Waals surface area contributed by atoms with Crippen molar-refractivity contribution in [1.29, 1.82) is 0 Å². The molecule has 1 aliphatic rings. The minimum Gasteiger partial charge on any atom is -0.482 e. The fourth-order valence-electron chi connectivity index (χ4n) is 2.49. The smallest absolute Gasteiger partial charge is 0.262 e. The van der Waals surface area contributed by atoms with E-state index in [0.717, 1.165) is 18.4 Å². The Balaban J connectivity index is 2.01. The van der Waals surface area contributed by atoms with E-state index in [4.69, 9.17) is 4.74 Å². The Morgan fingerprint density at radius 1 is 1.52 bits per heavy atom. The fourth-order valence-corrected chi connectivity index (χ4v) is 2.49. The lowest BCUT2D eigenvalue weighted by molar-refractivity contribution is -0.118. The molecule has 0 radical (unpaired) electrons. The molecule has 1 amide bonds. The maximum Gasteiger partial charge on any atom is 0.262 e. The number of carbonyl (C=O) groups is 1. The zero-order valence-corrected chi connectivity index (χ0v) is 12.9. The van der Waals surface area contributed by atoms with E-state index < -0.39 is 5.60 Å². The molecular weight excluding hydrogens is 268 g/mol. The Kier molecular flexibility index (Phi) is 4.85. The standard InChI is InChI=1S/C16H24N2O3/c1-4-7-16(3,20)10-17-11(2)12-5-6-14-13(8-12)18-15(19)9-21-14/h5-6,8,11,17,20H,4,7,9-10H2,1-3H3,(H,18,19). The first-order chi connectivity index (χ1) is 9.91. The van der Waals surface area contributed by atoms with Gasteiger partial charge in [0.1, 0.15) is 5.75 Å². The third kappa shape index (κ3) is 4.19. The van der Waals surface area contributed by atoms with Crippen molar-refractivity contribution in [2.24, 2.45) is 0 Å². The highest BCUT2D eigenvalue weighted by molar-refractivity contribution is 5.95. The summed E-state index contributed by atoms with van der Waals surface area (Å²) in [6.45, 7) is 6.54. The fraction of sp³-hybridized carbons (Fsp3) is 0.562. The zero-order chi connectivity index (χ0) is 15.5. The Hall–Kier alpha value is -1.59. The topological polar surface area (TPSA) is 70.6 Å². The van der Waals surface area contributed by atoms with Crippen LogP contribution in [0, 0.1) is 0 Å². The molecule has 0 aliphatic carbocycles. The minimum atomic E-state index is -0.700. The second kappa shape index (κ2) is 6.45. The molecule has 5 nitrogen and oxygen atoms in total. The highest BCUT2D eigenvalue weighted by Crippen LogP contribution is 2.30. The van der Waals surface area contributed by atoms with Crippen LogP contribution in [-0.4, -0.2) is 29.8 Å². The predicted octanol–water partition coefficient (Wildman–Crippen LogP) is 2.22. The van der Waals surface area contributed by atoms with E-state index in [1.807, 2.05) is 32.0 Å². The summed E-state index contributed by atoms with van der Waals surface area (Å²) in [5, 5.41) is 16.3. The van der Waals surface area contributed by atoms with Crippen LogP contribution >= 0.6 is 0 Å². The Labute approximate surface area is 125 Å². The molecule has 2 atom stereocenters. The van der Waals surface area contributed by atoms with E-state index in [9.17, 15) is 9.90 Å². The highest BCUT2D eigenvalue weighted by atomic mass is 16.5. The minimum absolute atomic E-state index is 0.0695. The van der Waals surface area contributed by atoms with Crippen LogP contribution in [0.3, 0.4) is 0 Å². The van der Waals surface area contributed by atoms with Gasteiger partial charge in [-0.1, -0.05) is 19.4 Å². The quantitative estimate of drug-likeness (QED) is 0.752. The molecule has 2 unspecified atom stereocenters. The van der Waals surface area contributed by atoms with Crippen LogP contribution in [0.5, 0.6) is 5.75 Å². The second-order valence-corrected chi connectivity index (χ2v) is 5.94. The molecule has 1 aromatic rings. The number of nitrogens with one attached hydrogen (secondary N) is 2. The number of benzene rings is 1. The number of hydrogen-bond donors (Lipinski definition) is 3. The molecule has 2 rings (SSSR count). The summed E-state index contributed by atoms with van der Waals surface area (Å²) < 4.78 is 5.34. The van der Waals surface area contributed by atoms with Crippen molar-refractivity contribution in [2.75, 3.05) is 18.5 Å². The summed E-state index contributed by atoms with van der Waals surface area (Å²) in [7, 11) is 0. The molecule has 0 bridgehead atoms. The van der Waals surface area contributed by atoms with Crippen molar-refractivity contribution >= 4 is 11.6 Å². The summed E-state index contributed by atoms with van der Waals surface area (Å²) in [5.41, 5.74) is 1.05. The van der Waals surface area contributed by atoms with Crippen molar-refractivity contribution in [3.05, 3.63) is 23.8 Å². The van der Waals surface area contributed by atoms with Crippen LogP contribution in [0.1, 0.15) is 45.2 Å². The molecule has 0 spiro atoms. The monoisotopic (exact) mass is 292 g/mol. The summed E-state index contributed by atoms with van der Waals surface area (Å²) in [6, 6.07) is 5.84. The van der Waals surface area contributed by atoms with Crippen LogP contribution in [0.2, 0.25) is 0 Å². The maximum absolute atomic E-state index is 11.4. The lowest BCUT2D eigenvalue weighted by Gasteiger charge is -2.26. The number of amides is 1. The van der Waals surface area contributed by atoms with E-state index in [2.05, 4.69) is 17.6 Å². The molecule has 116 valence electrons. The van der Waals surface area contributed by atoms with Crippen LogP contribution in [0.15, 0.2) is 18.2 Å². The normalized spacial score (nSPS) is 18.2. The zero-order valence-electron chi connectivity index (χ0n) is 12.9. The number of ether oxygens (including phenoxy) is 1. The van der Waals surface area contributed by atoms with Gasteiger partial charge in [0.05, 0.1) is 11.3 Å². The number of aliphatic hydroxyl groups is 1. The molecule has 0 saturated heterocycles. The summed E-state index contributed by atoms with van der Waals surface area (Å²) in [5.74, 6) is 0.565. The summed E-state index contributed by atoms with van der Waals surface area (Å²) in [4.78, 5) is 11.4. The van der Waals surface area contributed by atoms with Crippen molar-refractivity contribution in [1.82, 2.24) is 5.32 Å². The maximum atomic E-state index is 11.4.